The number of ether oxygens (including phenoxy) is 2. The zero-order chi connectivity index (χ0) is 15.6. The smallest absolute Gasteiger partial charge is 0.231 e. The van der Waals surface area contributed by atoms with E-state index in [2.05, 4.69) is 25.6 Å². The van der Waals surface area contributed by atoms with Crippen LogP contribution >= 0.6 is 11.3 Å². The summed E-state index contributed by atoms with van der Waals surface area (Å²) in [6.45, 7) is 0.232. The Morgan fingerprint density at radius 2 is 1.87 bits per heavy atom. The van der Waals surface area contributed by atoms with Crippen molar-refractivity contribution in [3.63, 3.8) is 0 Å². The molecule has 1 aliphatic rings. The van der Waals surface area contributed by atoms with E-state index >= 15 is 0 Å². The lowest BCUT2D eigenvalue weighted by molar-refractivity contribution is 0.174. The lowest BCUT2D eigenvalue weighted by Gasteiger charge is -2.11. The molecule has 1 aromatic carbocycles. The van der Waals surface area contributed by atoms with Gasteiger partial charge in [0.05, 0.1) is 0 Å². The molecule has 0 saturated carbocycles. The summed E-state index contributed by atoms with van der Waals surface area (Å²) in [6, 6.07) is 5.53. The summed E-state index contributed by atoms with van der Waals surface area (Å²) in [5, 5.41) is 8.80. The Kier molecular flexibility index (Phi) is 3.31. The van der Waals surface area contributed by atoms with Gasteiger partial charge in [0.1, 0.15) is 12.0 Å². The predicted octanol–water partition coefficient (Wildman–Crippen LogP) is 2.73. The van der Waals surface area contributed by atoms with Crippen LogP contribution in [0.25, 0.3) is 0 Å². The van der Waals surface area contributed by atoms with Crippen LogP contribution < -0.4 is 25.8 Å². The van der Waals surface area contributed by atoms with Gasteiger partial charge in [-0.1, -0.05) is 0 Å². The van der Waals surface area contributed by atoms with Crippen LogP contribution in [0, 0.1) is 0 Å². The molecule has 4 rings (SSSR count). The van der Waals surface area contributed by atoms with Crippen LogP contribution in [-0.2, 0) is 0 Å². The number of fused-ring (bicyclic) bond motifs is 1. The minimum absolute atomic E-state index is 0.232. The standard InChI is InChI=1S/C14H12N6O2S/c15-11-12(17-6-18-13(11)20-14-16-3-4-23-14)19-8-1-2-9-10(5-8)22-7-21-9/h1-6H,7,15H2,(H2,16,17,18,19,20). The van der Waals surface area contributed by atoms with Crippen molar-refractivity contribution in [2.24, 2.45) is 0 Å². The Labute approximate surface area is 135 Å². The Morgan fingerprint density at radius 3 is 2.70 bits per heavy atom. The molecule has 116 valence electrons. The van der Waals surface area contributed by atoms with Gasteiger partial charge in [0.25, 0.3) is 0 Å². The highest BCUT2D eigenvalue weighted by Crippen LogP contribution is 2.36. The molecule has 8 nitrogen and oxygen atoms in total. The van der Waals surface area contributed by atoms with E-state index in [1.165, 1.54) is 17.7 Å². The number of aromatic nitrogens is 3. The number of nitrogens with zero attached hydrogens (tertiary/aromatic N) is 3. The summed E-state index contributed by atoms with van der Waals surface area (Å²) in [5.41, 5.74) is 7.33. The molecule has 0 aliphatic carbocycles. The summed E-state index contributed by atoms with van der Waals surface area (Å²) in [6.07, 6.45) is 3.14. The molecule has 23 heavy (non-hydrogen) atoms. The van der Waals surface area contributed by atoms with Crippen LogP contribution in [0.4, 0.5) is 28.1 Å². The van der Waals surface area contributed by atoms with Crippen LogP contribution in [0.5, 0.6) is 11.5 Å². The van der Waals surface area contributed by atoms with Crippen molar-refractivity contribution in [2.75, 3.05) is 23.2 Å². The second-order valence-electron chi connectivity index (χ2n) is 4.64. The van der Waals surface area contributed by atoms with E-state index in [9.17, 15) is 0 Å². The number of nitrogens with two attached hydrogens (primary N) is 1. The third-order valence-electron chi connectivity index (χ3n) is 3.18. The van der Waals surface area contributed by atoms with E-state index in [-0.39, 0.29) is 6.79 Å². The van der Waals surface area contributed by atoms with E-state index < -0.39 is 0 Å². The predicted molar refractivity (Wildman–Crippen MR) is 87.7 cm³/mol. The molecule has 0 atom stereocenters. The van der Waals surface area contributed by atoms with Crippen LogP contribution in [0.2, 0.25) is 0 Å². The third kappa shape index (κ3) is 2.69. The molecule has 0 radical (unpaired) electrons. The number of benzene rings is 1. The third-order valence-corrected chi connectivity index (χ3v) is 3.87. The van der Waals surface area contributed by atoms with E-state index in [1.54, 1.807) is 6.20 Å². The van der Waals surface area contributed by atoms with Gasteiger partial charge in [-0.3, -0.25) is 0 Å². The van der Waals surface area contributed by atoms with Crippen molar-refractivity contribution < 1.29 is 9.47 Å². The maximum atomic E-state index is 6.13. The highest BCUT2D eigenvalue weighted by atomic mass is 32.1. The zero-order valence-electron chi connectivity index (χ0n) is 11.8. The fraction of sp³-hybridized carbons (Fsp3) is 0.0714. The number of nitrogens with one attached hydrogen (secondary N) is 2. The quantitative estimate of drug-likeness (QED) is 0.671. The van der Waals surface area contributed by atoms with Crippen molar-refractivity contribution >= 4 is 39.5 Å². The number of rotatable bonds is 4. The fourth-order valence-electron chi connectivity index (χ4n) is 2.09. The molecule has 0 bridgehead atoms. The van der Waals surface area contributed by atoms with Gasteiger partial charge < -0.3 is 25.8 Å². The second kappa shape index (κ2) is 5.61. The van der Waals surface area contributed by atoms with Gasteiger partial charge in [0, 0.05) is 23.3 Å². The van der Waals surface area contributed by atoms with Crippen molar-refractivity contribution in [1.29, 1.82) is 0 Å². The van der Waals surface area contributed by atoms with Gasteiger partial charge in [-0.05, 0) is 12.1 Å². The largest absolute Gasteiger partial charge is 0.454 e. The average Bonchev–Trinajstić information content (AvgIpc) is 3.22. The normalized spacial score (nSPS) is 12.2. The van der Waals surface area contributed by atoms with Crippen LogP contribution in [0.1, 0.15) is 0 Å². The van der Waals surface area contributed by atoms with Crippen molar-refractivity contribution in [2.45, 2.75) is 0 Å². The number of hydrogen-bond acceptors (Lipinski definition) is 9. The van der Waals surface area contributed by atoms with Crippen LogP contribution in [0.15, 0.2) is 36.1 Å². The molecular weight excluding hydrogens is 316 g/mol. The van der Waals surface area contributed by atoms with Gasteiger partial charge in [-0.2, -0.15) is 0 Å². The first-order valence-electron chi connectivity index (χ1n) is 6.73. The number of anilines is 5. The first-order chi connectivity index (χ1) is 11.3. The maximum absolute atomic E-state index is 6.13. The fourth-order valence-corrected chi connectivity index (χ4v) is 2.62. The van der Waals surface area contributed by atoms with Gasteiger partial charge >= 0.3 is 0 Å². The zero-order valence-corrected chi connectivity index (χ0v) is 12.6. The van der Waals surface area contributed by atoms with E-state index in [0.29, 0.717) is 28.2 Å². The minimum Gasteiger partial charge on any atom is -0.454 e. The van der Waals surface area contributed by atoms with Crippen LogP contribution in [-0.4, -0.2) is 21.7 Å². The molecule has 3 heterocycles. The number of thiazole rings is 1. The average molecular weight is 328 g/mol. The monoisotopic (exact) mass is 328 g/mol. The molecule has 1 aliphatic heterocycles. The lowest BCUT2D eigenvalue weighted by Crippen LogP contribution is -2.05. The molecule has 0 saturated heterocycles. The topological polar surface area (TPSA) is 107 Å². The van der Waals surface area contributed by atoms with Gasteiger partial charge in [-0.25, -0.2) is 15.0 Å². The molecular formula is C14H12N6O2S. The Morgan fingerprint density at radius 1 is 1.04 bits per heavy atom. The first-order valence-corrected chi connectivity index (χ1v) is 7.61. The molecule has 0 fully saturated rings. The summed E-state index contributed by atoms with van der Waals surface area (Å²) in [4.78, 5) is 12.5. The highest BCUT2D eigenvalue weighted by molar-refractivity contribution is 7.13. The lowest BCUT2D eigenvalue weighted by atomic mass is 10.2. The first kappa shape index (κ1) is 13.6. The molecule has 2 aromatic heterocycles. The molecule has 4 N–H and O–H groups in total. The SMILES string of the molecule is Nc1c(Nc2ccc3c(c2)OCO3)ncnc1Nc1nccs1. The Bertz CT molecular complexity index is 839. The number of hydrogen-bond donors (Lipinski definition) is 3. The maximum Gasteiger partial charge on any atom is 0.231 e. The Balaban J connectivity index is 1.59. The van der Waals surface area contributed by atoms with Crippen LogP contribution in [0.3, 0.4) is 0 Å². The Hall–Kier alpha value is -3.07. The van der Waals surface area contributed by atoms with Crippen molar-refractivity contribution in [1.82, 2.24) is 15.0 Å². The molecule has 0 spiro atoms. The van der Waals surface area contributed by atoms with E-state index in [1.807, 2.05) is 23.6 Å². The summed E-state index contributed by atoms with van der Waals surface area (Å²) < 4.78 is 10.6. The van der Waals surface area contributed by atoms with Gasteiger partial charge in [0.15, 0.2) is 28.3 Å². The summed E-state index contributed by atoms with van der Waals surface area (Å²) in [7, 11) is 0. The molecule has 0 unspecified atom stereocenters. The molecule has 3 aromatic rings. The summed E-state index contributed by atoms with van der Waals surface area (Å²) in [5.74, 6) is 2.40. The molecule has 0 amide bonds. The highest BCUT2D eigenvalue weighted by Gasteiger charge is 2.15. The summed E-state index contributed by atoms with van der Waals surface area (Å²) >= 11 is 1.46. The second-order valence-corrected chi connectivity index (χ2v) is 5.53. The minimum atomic E-state index is 0.232. The number of nitrogen functional groups attached to an aromatic ring is 1. The molecule has 9 heteroatoms. The van der Waals surface area contributed by atoms with Gasteiger partial charge in [-0.15, -0.1) is 11.3 Å². The van der Waals surface area contributed by atoms with Gasteiger partial charge in [0.2, 0.25) is 6.79 Å². The van der Waals surface area contributed by atoms with E-state index in [4.69, 9.17) is 15.2 Å². The van der Waals surface area contributed by atoms with Crippen molar-refractivity contribution in [3.05, 3.63) is 36.1 Å². The van der Waals surface area contributed by atoms with Crippen molar-refractivity contribution in [3.8, 4) is 11.5 Å². The van der Waals surface area contributed by atoms with E-state index in [0.717, 1.165) is 11.4 Å².